The van der Waals surface area contributed by atoms with E-state index in [1.54, 1.807) is 18.2 Å². The van der Waals surface area contributed by atoms with Crippen molar-refractivity contribution in [2.75, 3.05) is 13.1 Å². The molecule has 0 bridgehead atoms. The molecule has 3 rings (SSSR count). The highest BCUT2D eigenvalue weighted by Crippen LogP contribution is 2.35. The maximum absolute atomic E-state index is 13.2. The number of amides is 1. The Hall–Kier alpha value is -2.13. The van der Waals surface area contributed by atoms with Crippen molar-refractivity contribution in [2.24, 2.45) is 0 Å². The molecule has 0 aliphatic carbocycles. The maximum atomic E-state index is 13.2. The lowest BCUT2D eigenvalue weighted by Crippen LogP contribution is -2.57. The minimum Gasteiger partial charge on any atom is -0.457 e. The van der Waals surface area contributed by atoms with Crippen LogP contribution in [0.4, 0.5) is 0 Å². The second kappa shape index (κ2) is 8.08. The lowest BCUT2D eigenvalue weighted by Gasteiger charge is -2.34. The first kappa shape index (κ1) is 20.6. The van der Waals surface area contributed by atoms with E-state index < -0.39 is 20.5 Å². The average Bonchev–Trinajstić information content (AvgIpc) is 2.71. The molecule has 28 heavy (non-hydrogen) atoms. The zero-order chi connectivity index (χ0) is 20.4. The molecule has 0 spiro atoms. The standard InChI is InChI=1S/C19H21ClN2O5S/c1-13-12-15(4-7-17(13)20)27-14-2-5-16(6-3-14)28(25,26)19(18(23)22-24)8-10-21-11-9-19/h2-7,12,21,24H,8-11H2,1H3,(H,22,23). The van der Waals surface area contributed by atoms with Gasteiger partial charge in [0.2, 0.25) is 0 Å². The number of aryl methyl sites for hydroxylation is 1. The zero-order valence-electron chi connectivity index (χ0n) is 15.2. The molecule has 3 N–H and O–H groups in total. The smallest absolute Gasteiger partial charge is 0.265 e. The molecule has 0 aromatic heterocycles. The van der Waals surface area contributed by atoms with Crippen LogP contribution >= 0.6 is 11.6 Å². The van der Waals surface area contributed by atoms with Crippen molar-refractivity contribution in [1.29, 1.82) is 0 Å². The van der Waals surface area contributed by atoms with Crippen LogP contribution in [0.15, 0.2) is 47.4 Å². The first-order valence-corrected chi connectivity index (χ1v) is 10.6. The molecular formula is C19H21ClN2O5S. The minimum absolute atomic E-state index is 0.00219. The Labute approximate surface area is 168 Å². The van der Waals surface area contributed by atoms with E-state index in [9.17, 15) is 13.2 Å². The van der Waals surface area contributed by atoms with Gasteiger partial charge in [-0.15, -0.1) is 0 Å². The van der Waals surface area contributed by atoms with E-state index in [0.717, 1.165) is 5.56 Å². The SMILES string of the molecule is Cc1cc(Oc2ccc(S(=O)(=O)C3(C(=O)NO)CCNCC3)cc2)ccc1Cl. The van der Waals surface area contributed by atoms with Crippen molar-refractivity contribution < 1.29 is 23.2 Å². The number of halogens is 1. The number of benzene rings is 2. The van der Waals surface area contributed by atoms with Crippen LogP contribution in [0.2, 0.25) is 5.02 Å². The number of hydrogen-bond acceptors (Lipinski definition) is 6. The molecule has 1 aliphatic rings. The third-order valence-electron chi connectivity index (χ3n) is 4.94. The number of piperidine rings is 1. The summed E-state index contributed by atoms with van der Waals surface area (Å²) in [5, 5.41) is 12.8. The van der Waals surface area contributed by atoms with Crippen LogP contribution in [0.25, 0.3) is 0 Å². The van der Waals surface area contributed by atoms with Crippen molar-refractivity contribution in [3.8, 4) is 11.5 Å². The molecule has 1 fully saturated rings. The maximum Gasteiger partial charge on any atom is 0.265 e. The largest absolute Gasteiger partial charge is 0.457 e. The van der Waals surface area contributed by atoms with Crippen molar-refractivity contribution >= 4 is 27.3 Å². The van der Waals surface area contributed by atoms with Crippen LogP contribution in [0.1, 0.15) is 18.4 Å². The number of carbonyl (C=O) groups is 1. The molecule has 1 amide bonds. The minimum atomic E-state index is -4.02. The number of carbonyl (C=O) groups excluding carboxylic acids is 1. The summed E-state index contributed by atoms with van der Waals surface area (Å²) in [6.45, 7) is 2.59. The zero-order valence-corrected chi connectivity index (χ0v) is 16.8. The average molecular weight is 425 g/mol. The topological polar surface area (TPSA) is 105 Å². The van der Waals surface area contributed by atoms with Gasteiger partial charge in [-0.2, -0.15) is 0 Å². The van der Waals surface area contributed by atoms with Gasteiger partial charge in [0.05, 0.1) is 4.90 Å². The highest BCUT2D eigenvalue weighted by molar-refractivity contribution is 7.93. The lowest BCUT2D eigenvalue weighted by molar-refractivity contribution is -0.132. The van der Waals surface area contributed by atoms with Gasteiger partial charge >= 0.3 is 0 Å². The number of rotatable bonds is 5. The summed E-state index contributed by atoms with van der Waals surface area (Å²) in [5.74, 6) is 0.115. The van der Waals surface area contributed by atoms with E-state index in [0.29, 0.717) is 29.6 Å². The van der Waals surface area contributed by atoms with Crippen molar-refractivity contribution in [1.82, 2.24) is 10.8 Å². The molecule has 7 nitrogen and oxygen atoms in total. The number of nitrogens with one attached hydrogen (secondary N) is 2. The quantitative estimate of drug-likeness (QED) is 0.503. The number of hydroxylamine groups is 1. The monoisotopic (exact) mass is 424 g/mol. The van der Waals surface area contributed by atoms with Crippen LogP contribution in [0.5, 0.6) is 11.5 Å². The second-order valence-electron chi connectivity index (χ2n) is 6.67. The molecular weight excluding hydrogens is 404 g/mol. The summed E-state index contributed by atoms with van der Waals surface area (Å²) in [4.78, 5) is 12.3. The molecule has 9 heteroatoms. The Morgan fingerprint density at radius 1 is 1.14 bits per heavy atom. The Morgan fingerprint density at radius 3 is 2.32 bits per heavy atom. The van der Waals surface area contributed by atoms with Gasteiger partial charge in [-0.1, -0.05) is 11.6 Å². The third kappa shape index (κ3) is 3.73. The number of ether oxygens (including phenoxy) is 1. The predicted octanol–water partition coefficient (Wildman–Crippen LogP) is 2.84. The fourth-order valence-corrected chi connectivity index (χ4v) is 5.37. The first-order valence-electron chi connectivity index (χ1n) is 8.74. The van der Waals surface area contributed by atoms with Crippen LogP contribution in [-0.2, 0) is 14.6 Å². The van der Waals surface area contributed by atoms with Crippen LogP contribution in [0, 0.1) is 6.92 Å². The van der Waals surface area contributed by atoms with Crippen molar-refractivity contribution in [3.63, 3.8) is 0 Å². The fourth-order valence-electron chi connectivity index (χ4n) is 3.28. The molecule has 1 heterocycles. The summed E-state index contributed by atoms with van der Waals surface area (Å²) < 4.78 is 30.4. The van der Waals surface area contributed by atoms with Gasteiger partial charge in [-0.05, 0) is 80.9 Å². The molecule has 0 radical (unpaired) electrons. The van der Waals surface area contributed by atoms with Gasteiger partial charge in [0.25, 0.3) is 5.91 Å². The van der Waals surface area contributed by atoms with Crippen LogP contribution in [0.3, 0.4) is 0 Å². The summed E-state index contributed by atoms with van der Waals surface area (Å²) in [6, 6.07) is 11.1. The van der Waals surface area contributed by atoms with Crippen molar-refractivity contribution in [2.45, 2.75) is 29.4 Å². The Kier molecular flexibility index (Phi) is 5.95. The summed E-state index contributed by atoms with van der Waals surface area (Å²) in [6.07, 6.45) is 0.147. The third-order valence-corrected chi connectivity index (χ3v) is 7.88. The molecule has 2 aromatic carbocycles. The van der Waals surface area contributed by atoms with Gasteiger partial charge in [0.15, 0.2) is 14.6 Å². The van der Waals surface area contributed by atoms with E-state index in [-0.39, 0.29) is 17.7 Å². The van der Waals surface area contributed by atoms with E-state index >= 15 is 0 Å². The van der Waals surface area contributed by atoms with Gasteiger partial charge < -0.3 is 10.1 Å². The van der Waals surface area contributed by atoms with E-state index in [1.165, 1.54) is 29.7 Å². The Balaban J connectivity index is 1.88. The normalized spacial score (nSPS) is 16.4. The Bertz CT molecular complexity index is 970. The van der Waals surface area contributed by atoms with Gasteiger partial charge in [0, 0.05) is 5.02 Å². The molecule has 0 saturated carbocycles. The van der Waals surface area contributed by atoms with Crippen molar-refractivity contribution in [3.05, 3.63) is 53.1 Å². The molecule has 2 aromatic rings. The van der Waals surface area contributed by atoms with Gasteiger partial charge in [0.1, 0.15) is 11.5 Å². The van der Waals surface area contributed by atoms with E-state index in [2.05, 4.69) is 5.32 Å². The van der Waals surface area contributed by atoms with E-state index in [4.69, 9.17) is 21.5 Å². The van der Waals surface area contributed by atoms with Gasteiger partial charge in [-0.25, -0.2) is 13.9 Å². The molecule has 1 aliphatic heterocycles. The lowest BCUT2D eigenvalue weighted by atomic mass is 9.96. The fraction of sp³-hybridized carbons (Fsp3) is 0.316. The second-order valence-corrected chi connectivity index (χ2v) is 9.34. The summed E-state index contributed by atoms with van der Waals surface area (Å²) in [7, 11) is -4.02. The first-order chi connectivity index (χ1) is 13.3. The molecule has 1 saturated heterocycles. The van der Waals surface area contributed by atoms with E-state index in [1.807, 2.05) is 6.92 Å². The highest BCUT2D eigenvalue weighted by Gasteiger charge is 2.51. The predicted molar refractivity (Wildman–Crippen MR) is 105 cm³/mol. The summed E-state index contributed by atoms with van der Waals surface area (Å²) >= 11 is 6.00. The molecule has 0 unspecified atom stereocenters. The molecule has 0 atom stereocenters. The summed E-state index contributed by atoms with van der Waals surface area (Å²) in [5.41, 5.74) is 2.39. The number of hydrogen-bond donors (Lipinski definition) is 3. The molecule has 150 valence electrons. The number of sulfone groups is 1. The highest BCUT2D eigenvalue weighted by atomic mass is 35.5. The Morgan fingerprint density at radius 2 is 1.75 bits per heavy atom. The van der Waals surface area contributed by atoms with Crippen LogP contribution < -0.4 is 15.5 Å². The van der Waals surface area contributed by atoms with Crippen LogP contribution in [-0.4, -0.2) is 37.4 Å². The van der Waals surface area contributed by atoms with Gasteiger partial charge in [-0.3, -0.25) is 10.0 Å².